The van der Waals surface area contributed by atoms with E-state index in [0.29, 0.717) is 23.7 Å². The highest BCUT2D eigenvalue weighted by Crippen LogP contribution is 2.27. The summed E-state index contributed by atoms with van der Waals surface area (Å²) in [5.74, 6) is -0.397. The van der Waals surface area contributed by atoms with Gasteiger partial charge in [-0.2, -0.15) is 0 Å². The van der Waals surface area contributed by atoms with Gasteiger partial charge in [-0.05, 0) is 55.3 Å². The molecule has 0 fully saturated rings. The van der Waals surface area contributed by atoms with Gasteiger partial charge in [-0.1, -0.05) is 54.9 Å². The molecule has 0 spiro atoms. The van der Waals surface area contributed by atoms with E-state index < -0.39 is 28.5 Å². The first-order valence-electron chi connectivity index (χ1n) is 12.2. The fourth-order valence-corrected chi connectivity index (χ4v) is 5.57. The van der Waals surface area contributed by atoms with Crippen molar-refractivity contribution in [1.29, 1.82) is 0 Å². The number of likely N-dealkylation sites (N-methyl/N-ethyl adjacent to an activating group) is 1. The van der Waals surface area contributed by atoms with Gasteiger partial charge in [0.05, 0.1) is 17.7 Å². The minimum absolute atomic E-state index is 0.0376. The summed E-state index contributed by atoms with van der Waals surface area (Å²) in [5.41, 5.74) is 1.02. The standard InChI is InChI=1S/C28H32ClN3O5S/c1-4-26(28(34)30-5-2)31(19-21-14-16-22(29)17-15-21)27(33)20-32(23-10-9-11-24(18-23)37-3)38(35,36)25-12-7-6-8-13-25/h6-18,26H,4-5,19-20H2,1-3H3,(H,30,34)/t26-/m0/s1. The predicted molar refractivity (Wildman–Crippen MR) is 149 cm³/mol. The van der Waals surface area contributed by atoms with Crippen LogP contribution < -0.4 is 14.4 Å². The largest absolute Gasteiger partial charge is 0.497 e. The summed E-state index contributed by atoms with van der Waals surface area (Å²) < 4.78 is 33.9. The van der Waals surface area contributed by atoms with Crippen molar-refractivity contribution in [3.8, 4) is 5.75 Å². The number of ether oxygens (including phenoxy) is 1. The predicted octanol–water partition coefficient (Wildman–Crippen LogP) is 4.49. The molecular formula is C28H32ClN3O5S. The molecule has 0 bridgehead atoms. The second-order valence-corrected chi connectivity index (χ2v) is 10.8. The lowest BCUT2D eigenvalue weighted by molar-refractivity contribution is -0.140. The van der Waals surface area contributed by atoms with E-state index >= 15 is 0 Å². The molecule has 0 aliphatic heterocycles. The number of carbonyl (C=O) groups excluding carboxylic acids is 2. The Morgan fingerprint density at radius 2 is 1.66 bits per heavy atom. The summed E-state index contributed by atoms with van der Waals surface area (Å²) in [7, 11) is -2.66. The van der Waals surface area contributed by atoms with Crippen molar-refractivity contribution in [1.82, 2.24) is 10.2 Å². The van der Waals surface area contributed by atoms with Crippen LogP contribution in [-0.4, -0.2) is 51.4 Å². The van der Waals surface area contributed by atoms with Crippen LogP contribution in [0.1, 0.15) is 25.8 Å². The third-order valence-corrected chi connectivity index (χ3v) is 7.99. The third kappa shape index (κ3) is 7.05. The SMILES string of the molecule is CCNC(=O)[C@H](CC)N(Cc1ccc(Cl)cc1)C(=O)CN(c1cccc(OC)c1)S(=O)(=O)c1ccccc1. The molecule has 2 amide bonds. The highest BCUT2D eigenvalue weighted by atomic mass is 35.5. The maximum absolute atomic E-state index is 13.9. The van der Waals surface area contributed by atoms with Crippen LogP contribution >= 0.6 is 11.6 Å². The molecule has 3 rings (SSSR count). The molecular weight excluding hydrogens is 526 g/mol. The van der Waals surface area contributed by atoms with Crippen LogP contribution in [0.3, 0.4) is 0 Å². The summed E-state index contributed by atoms with van der Waals surface area (Å²) >= 11 is 6.03. The number of anilines is 1. The molecule has 0 aliphatic rings. The molecule has 0 heterocycles. The van der Waals surface area contributed by atoms with Crippen LogP contribution in [0, 0.1) is 0 Å². The van der Waals surface area contributed by atoms with E-state index in [2.05, 4.69) is 5.32 Å². The van der Waals surface area contributed by atoms with Crippen LogP contribution in [0.25, 0.3) is 0 Å². The average molecular weight is 558 g/mol. The number of sulfonamides is 1. The number of carbonyl (C=O) groups is 2. The topological polar surface area (TPSA) is 96.0 Å². The Morgan fingerprint density at radius 1 is 0.974 bits per heavy atom. The van der Waals surface area contributed by atoms with Gasteiger partial charge >= 0.3 is 0 Å². The third-order valence-electron chi connectivity index (χ3n) is 5.95. The molecule has 1 N–H and O–H groups in total. The van der Waals surface area contributed by atoms with Crippen LogP contribution in [0.5, 0.6) is 5.75 Å². The number of halogens is 1. The van der Waals surface area contributed by atoms with E-state index in [9.17, 15) is 18.0 Å². The lowest BCUT2D eigenvalue weighted by Crippen LogP contribution is -2.52. The molecule has 3 aromatic carbocycles. The fourth-order valence-electron chi connectivity index (χ4n) is 4.01. The van der Waals surface area contributed by atoms with Gasteiger partial charge in [-0.3, -0.25) is 13.9 Å². The first-order valence-corrected chi connectivity index (χ1v) is 14.1. The van der Waals surface area contributed by atoms with E-state index in [1.54, 1.807) is 73.7 Å². The number of benzene rings is 3. The molecule has 0 aliphatic carbocycles. The van der Waals surface area contributed by atoms with Crippen molar-refractivity contribution < 1.29 is 22.7 Å². The normalized spacial score (nSPS) is 11.9. The van der Waals surface area contributed by atoms with Gasteiger partial charge in [0.1, 0.15) is 18.3 Å². The number of nitrogens with zero attached hydrogens (tertiary/aromatic N) is 2. The molecule has 38 heavy (non-hydrogen) atoms. The highest BCUT2D eigenvalue weighted by Gasteiger charge is 2.33. The number of hydrogen-bond acceptors (Lipinski definition) is 5. The number of methoxy groups -OCH3 is 1. The second kappa shape index (κ2) is 13.3. The molecule has 8 nitrogen and oxygen atoms in total. The highest BCUT2D eigenvalue weighted by molar-refractivity contribution is 7.92. The molecule has 202 valence electrons. The van der Waals surface area contributed by atoms with Crippen molar-refractivity contribution >= 4 is 39.1 Å². The Balaban J connectivity index is 2.06. The van der Waals surface area contributed by atoms with Crippen molar-refractivity contribution in [3.05, 3.63) is 89.4 Å². The van der Waals surface area contributed by atoms with E-state index in [1.165, 1.54) is 24.1 Å². The molecule has 3 aromatic rings. The minimum atomic E-state index is -4.14. The van der Waals surface area contributed by atoms with Crippen LogP contribution in [0.4, 0.5) is 5.69 Å². The Labute approximate surface area is 229 Å². The van der Waals surface area contributed by atoms with Crippen LogP contribution in [0.15, 0.2) is 83.8 Å². The summed E-state index contributed by atoms with van der Waals surface area (Å²) in [5, 5.41) is 3.32. The van der Waals surface area contributed by atoms with Gasteiger partial charge in [0.2, 0.25) is 11.8 Å². The Hall–Kier alpha value is -3.56. The zero-order valence-electron chi connectivity index (χ0n) is 21.6. The molecule has 0 radical (unpaired) electrons. The van der Waals surface area contributed by atoms with E-state index in [1.807, 2.05) is 6.92 Å². The van der Waals surface area contributed by atoms with Crippen molar-refractivity contribution in [2.24, 2.45) is 0 Å². The minimum Gasteiger partial charge on any atom is -0.497 e. The van der Waals surface area contributed by atoms with Gasteiger partial charge in [0, 0.05) is 24.2 Å². The summed E-state index contributed by atoms with van der Waals surface area (Å²) in [6.07, 6.45) is 0.343. The molecule has 0 unspecified atom stereocenters. The lowest BCUT2D eigenvalue weighted by Gasteiger charge is -2.33. The molecule has 1 atom stereocenters. The Bertz CT molecular complexity index is 1330. The van der Waals surface area contributed by atoms with Crippen molar-refractivity contribution in [2.45, 2.75) is 37.8 Å². The number of nitrogens with one attached hydrogen (secondary N) is 1. The number of hydrogen-bond donors (Lipinski definition) is 1. The second-order valence-electron chi connectivity index (χ2n) is 8.49. The number of rotatable bonds is 12. The first-order chi connectivity index (χ1) is 18.2. The summed E-state index contributed by atoms with van der Waals surface area (Å²) in [6, 6.07) is 20.5. The van der Waals surface area contributed by atoms with Gasteiger partial charge in [-0.15, -0.1) is 0 Å². The van der Waals surface area contributed by atoms with Crippen LogP contribution in [0.2, 0.25) is 5.02 Å². The summed E-state index contributed by atoms with van der Waals surface area (Å²) in [6.45, 7) is 3.59. The maximum atomic E-state index is 13.9. The zero-order valence-corrected chi connectivity index (χ0v) is 23.2. The fraction of sp³-hybridized carbons (Fsp3) is 0.286. The van der Waals surface area contributed by atoms with E-state index in [0.717, 1.165) is 9.87 Å². The molecule has 0 saturated carbocycles. The van der Waals surface area contributed by atoms with Gasteiger partial charge < -0.3 is 15.0 Å². The monoisotopic (exact) mass is 557 g/mol. The average Bonchev–Trinajstić information content (AvgIpc) is 2.93. The molecule has 0 saturated heterocycles. The first kappa shape index (κ1) is 29.0. The van der Waals surface area contributed by atoms with Gasteiger partial charge in [0.25, 0.3) is 10.0 Å². The Morgan fingerprint density at radius 3 is 2.26 bits per heavy atom. The number of amides is 2. The van der Waals surface area contributed by atoms with Gasteiger partial charge in [0.15, 0.2) is 0 Å². The maximum Gasteiger partial charge on any atom is 0.264 e. The van der Waals surface area contributed by atoms with E-state index in [-0.39, 0.29) is 23.0 Å². The van der Waals surface area contributed by atoms with Crippen molar-refractivity contribution in [2.75, 3.05) is 24.5 Å². The lowest BCUT2D eigenvalue weighted by atomic mass is 10.1. The zero-order chi connectivity index (χ0) is 27.7. The quantitative estimate of drug-likeness (QED) is 0.354. The van der Waals surface area contributed by atoms with E-state index in [4.69, 9.17) is 16.3 Å². The Kier molecular flexibility index (Phi) is 10.2. The van der Waals surface area contributed by atoms with Gasteiger partial charge in [-0.25, -0.2) is 8.42 Å². The van der Waals surface area contributed by atoms with Crippen LogP contribution in [-0.2, 0) is 26.2 Å². The summed E-state index contributed by atoms with van der Waals surface area (Å²) in [4.78, 5) is 28.3. The molecule has 10 heteroatoms. The smallest absolute Gasteiger partial charge is 0.264 e. The molecule has 0 aromatic heterocycles. The van der Waals surface area contributed by atoms with Crippen molar-refractivity contribution in [3.63, 3.8) is 0 Å².